The highest BCUT2D eigenvalue weighted by atomic mass is 19.1. The number of rotatable bonds is 4. The quantitative estimate of drug-likeness (QED) is 0.793. The highest BCUT2D eigenvalue weighted by Crippen LogP contribution is 2.44. The zero-order valence-corrected chi connectivity index (χ0v) is 11.7. The Morgan fingerprint density at radius 1 is 1.05 bits per heavy atom. The molecule has 3 heteroatoms. The predicted octanol–water partition coefficient (Wildman–Crippen LogP) is 3.99. The van der Waals surface area contributed by atoms with Crippen LogP contribution in [0.1, 0.15) is 30.4 Å². The second kappa shape index (κ2) is 5.68. The molecule has 0 radical (unpaired) electrons. The van der Waals surface area contributed by atoms with Crippen molar-refractivity contribution in [3.05, 3.63) is 71.5 Å². The first kappa shape index (κ1) is 13.8. The van der Waals surface area contributed by atoms with Crippen LogP contribution < -0.4 is 0 Å². The van der Waals surface area contributed by atoms with Crippen molar-refractivity contribution in [3.63, 3.8) is 0 Å². The van der Waals surface area contributed by atoms with Gasteiger partial charge in [0.2, 0.25) is 0 Å². The summed E-state index contributed by atoms with van der Waals surface area (Å²) in [5.41, 5.74) is 1.25. The van der Waals surface area contributed by atoms with E-state index in [4.69, 9.17) is 4.74 Å². The van der Waals surface area contributed by atoms with Gasteiger partial charge < -0.3 is 4.74 Å². The SMILES string of the molecule is O=C(OCc1ccccc1)C1(c2ccc(F)cc2)CCC1. The lowest BCUT2D eigenvalue weighted by atomic mass is 9.64. The van der Waals surface area contributed by atoms with E-state index in [1.165, 1.54) is 12.1 Å². The largest absolute Gasteiger partial charge is 0.460 e. The Morgan fingerprint density at radius 3 is 2.29 bits per heavy atom. The van der Waals surface area contributed by atoms with Gasteiger partial charge in [-0.15, -0.1) is 0 Å². The summed E-state index contributed by atoms with van der Waals surface area (Å²) < 4.78 is 18.5. The Bertz CT molecular complexity index is 615. The lowest BCUT2D eigenvalue weighted by Gasteiger charge is -2.39. The number of ether oxygens (including phenoxy) is 1. The van der Waals surface area contributed by atoms with E-state index < -0.39 is 5.41 Å². The van der Waals surface area contributed by atoms with Crippen molar-refractivity contribution in [1.82, 2.24) is 0 Å². The maximum absolute atomic E-state index is 13.1. The third kappa shape index (κ3) is 2.68. The maximum Gasteiger partial charge on any atom is 0.316 e. The summed E-state index contributed by atoms with van der Waals surface area (Å²) in [5.74, 6) is -0.491. The van der Waals surface area contributed by atoms with Gasteiger partial charge in [0, 0.05) is 0 Å². The molecule has 0 N–H and O–H groups in total. The number of esters is 1. The van der Waals surface area contributed by atoms with E-state index in [0.29, 0.717) is 0 Å². The summed E-state index contributed by atoms with van der Waals surface area (Å²) >= 11 is 0. The van der Waals surface area contributed by atoms with Crippen LogP contribution in [-0.4, -0.2) is 5.97 Å². The minimum Gasteiger partial charge on any atom is -0.460 e. The number of carbonyl (C=O) groups excluding carboxylic acids is 1. The van der Waals surface area contributed by atoms with E-state index in [2.05, 4.69) is 0 Å². The Labute approximate surface area is 123 Å². The predicted molar refractivity (Wildman–Crippen MR) is 78.2 cm³/mol. The Kier molecular flexibility index (Phi) is 3.74. The number of benzene rings is 2. The van der Waals surface area contributed by atoms with Crippen molar-refractivity contribution in [2.45, 2.75) is 31.3 Å². The minimum absolute atomic E-state index is 0.204. The monoisotopic (exact) mass is 284 g/mol. The average Bonchev–Trinajstić information content (AvgIpc) is 2.47. The third-order valence-electron chi connectivity index (χ3n) is 4.21. The van der Waals surface area contributed by atoms with Crippen LogP contribution in [0, 0.1) is 5.82 Å². The molecule has 0 atom stereocenters. The average molecular weight is 284 g/mol. The van der Waals surface area contributed by atoms with Crippen LogP contribution in [0.4, 0.5) is 4.39 Å². The van der Waals surface area contributed by atoms with Crippen molar-refractivity contribution in [1.29, 1.82) is 0 Å². The van der Waals surface area contributed by atoms with Gasteiger partial charge in [-0.1, -0.05) is 48.9 Å². The molecule has 1 aliphatic rings. The smallest absolute Gasteiger partial charge is 0.316 e. The van der Waals surface area contributed by atoms with Crippen molar-refractivity contribution in [2.75, 3.05) is 0 Å². The number of hydrogen-bond donors (Lipinski definition) is 0. The summed E-state index contributed by atoms with van der Waals surface area (Å²) in [4.78, 5) is 12.5. The molecule has 0 amide bonds. The van der Waals surface area contributed by atoms with Crippen molar-refractivity contribution in [2.24, 2.45) is 0 Å². The summed E-state index contributed by atoms with van der Waals surface area (Å²) in [7, 11) is 0. The second-order valence-corrected chi connectivity index (χ2v) is 5.50. The fourth-order valence-corrected chi connectivity index (χ4v) is 2.77. The van der Waals surface area contributed by atoms with E-state index in [9.17, 15) is 9.18 Å². The normalized spacial score (nSPS) is 16.0. The van der Waals surface area contributed by atoms with Gasteiger partial charge in [-0.3, -0.25) is 4.79 Å². The molecule has 0 heterocycles. The highest BCUT2D eigenvalue weighted by Gasteiger charge is 2.47. The Hall–Kier alpha value is -2.16. The van der Waals surface area contributed by atoms with E-state index >= 15 is 0 Å². The summed E-state index contributed by atoms with van der Waals surface area (Å²) in [6.45, 7) is 0.280. The maximum atomic E-state index is 13.1. The molecule has 2 aromatic rings. The molecule has 3 rings (SSSR count). The van der Waals surface area contributed by atoms with Crippen molar-refractivity contribution in [3.8, 4) is 0 Å². The number of hydrogen-bond acceptors (Lipinski definition) is 2. The van der Waals surface area contributed by atoms with Crippen LogP contribution >= 0.6 is 0 Å². The summed E-state index contributed by atoms with van der Waals surface area (Å²) in [6.07, 6.45) is 2.54. The molecule has 2 nitrogen and oxygen atoms in total. The lowest BCUT2D eigenvalue weighted by molar-refractivity contribution is -0.155. The van der Waals surface area contributed by atoms with Gasteiger partial charge >= 0.3 is 5.97 Å². The molecular weight excluding hydrogens is 267 g/mol. The molecule has 1 aliphatic carbocycles. The first-order valence-corrected chi connectivity index (χ1v) is 7.18. The van der Waals surface area contributed by atoms with Crippen LogP contribution in [0.2, 0.25) is 0 Å². The van der Waals surface area contributed by atoms with Gasteiger partial charge in [-0.05, 0) is 36.1 Å². The van der Waals surface area contributed by atoms with E-state index in [1.807, 2.05) is 30.3 Å². The highest BCUT2D eigenvalue weighted by molar-refractivity contribution is 5.84. The van der Waals surface area contributed by atoms with E-state index in [-0.39, 0.29) is 18.4 Å². The van der Waals surface area contributed by atoms with Crippen molar-refractivity contribution < 1.29 is 13.9 Å². The first-order valence-electron chi connectivity index (χ1n) is 7.18. The van der Waals surface area contributed by atoms with E-state index in [0.717, 1.165) is 30.4 Å². The fourth-order valence-electron chi connectivity index (χ4n) is 2.77. The summed E-state index contributed by atoms with van der Waals surface area (Å²) in [6, 6.07) is 15.8. The molecule has 0 aromatic heterocycles. The second-order valence-electron chi connectivity index (χ2n) is 5.50. The standard InChI is InChI=1S/C18H17FO2/c19-16-9-7-15(8-10-16)18(11-4-12-18)17(20)21-13-14-5-2-1-3-6-14/h1-3,5-10H,4,11-13H2. The fraction of sp³-hybridized carbons (Fsp3) is 0.278. The van der Waals surface area contributed by atoms with Gasteiger partial charge in [0.15, 0.2) is 0 Å². The zero-order valence-electron chi connectivity index (χ0n) is 11.7. The van der Waals surface area contributed by atoms with E-state index in [1.54, 1.807) is 12.1 Å². The molecule has 0 spiro atoms. The molecular formula is C18H17FO2. The van der Waals surface area contributed by atoms with Gasteiger partial charge in [0.1, 0.15) is 12.4 Å². The third-order valence-corrected chi connectivity index (χ3v) is 4.21. The minimum atomic E-state index is -0.581. The van der Waals surface area contributed by atoms with Crippen LogP contribution in [-0.2, 0) is 21.6 Å². The molecule has 0 unspecified atom stereocenters. The van der Waals surface area contributed by atoms with Crippen LogP contribution in [0.5, 0.6) is 0 Å². The molecule has 21 heavy (non-hydrogen) atoms. The van der Waals surface area contributed by atoms with Gasteiger partial charge in [0.05, 0.1) is 5.41 Å². The van der Waals surface area contributed by atoms with Gasteiger partial charge in [0.25, 0.3) is 0 Å². The molecule has 1 saturated carbocycles. The van der Waals surface area contributed by atoms with Crippen LogP contribution in [0.15, 0.2) is 54.6 Å². The summed E-state index contributed by atoms with van der Waals surface area (Å²) in [5, 5.41) is 0. The molecule has 108 valence electrons. The number of carbonyl (C=O) groups is 1. The van der Waals surface area contributed by atoms with Crippen LogP contribution in [0.25, 0.3) is 0 Å². The molecule has 1 fully saturated rings. The molecule has 0 saturated heterocycles. The van der Waals surface area contributed by atoms with Gasteiger partial charge in [-0.25, -0.2) is 4.39 Å². The zero-order chi connectivity index (χ0) is 14.7. The molecule has 2 aromatic carbocycles. The molecule has 0 bridgehead atoms. The Morgan fingerprint density at radius 2 is 1.71 bits per heavy atom. The van der Waals surface area contributed by atoms with Crippen molar-refractivity contribution >= 4 is 5.97 Å². The van der Waals surface area contributed by atoms with Gasteiger partial charge in [-0.2, -0.15) is 0 Å². The number of halogens is 1. The Balaban J connectivity index is 1.73. The lowest BCUT2D eigenvalue weighted by Crippen LogP contribution is -2.43. The van der Waals surface area contributed by atoms with Crippen LogP contribution in [0.3, 0.4) is 0 Å². The first-order chi connectivity index (χ1) is 10.2. The molecule has 0 aliphatic heterocycles. The topological polar surface area (TPSA) is 26.3 Å².